The number of fused-ring (bicyclic) bond motifs is 1. The van der Waals surface area contributed by atoms with E-state index in [1.165, 1.54) is 0 Å². The van der Waals surface area contributed by atoms with Crippen molar-refractivity contribution < 1.29 is 9.90 Å². The average Bonchev–Trinajstić information content (AvgIpc) is 2.65. The third-order valence-corrected chi connectivity index (χ3v) is 5.18. The predicted molar refractivity (Wildman–Crippen MR) is 105 cm³/mol. The Kier molecular flexibility index (Phi) is 6.46. The highest BCUT2D eigenvalue weighted by Gasteiger charge is 2.18. The molecule has 1 atom stereocenters. The molecule has 140 valence electrons. The number of aliphatic hydroxyl groups is 1. The standard InChI is InChI=1S/C20H26ClN3O2/c1-14-10-18(17-11-16(21)5-6-19(17)23-14)20(26)22-7-3-9-24-8-2-4-15(12-24)13-25/h5-6,10-11,15,25H,2-4,7-9,12-13H2,1H3,(H,22,26). The predicted octanol–water partition coefficient (Wildman–Crippen LogP) is 3.02. The average molecular weight is 376 g/mol. The minimum atomic E-state index is -0.0883. The molecule has 0 spiro atoms. The number of hydrogen-bond acceptors (Lipinski definition) is 4. The largest absolute Gasteiger partial charge is 0.396 e. The molecule has 1 fully saturated rings. The Bertz CT molecular complexity index is 781. The second-order valence-electron chi connectivity index (χ2n) is 7.07. The SMILES string of the molecule is Cc1cc(C(=O)NCCCN2CCCC(CO)C2)c2cc(Cl)ccc2n1. The van der Waals surface area contributed by atoms with Gasteiger partial charge in [-0.3, -0.25) is 9.78 Å². The number of benzene rings is 1. The smallest absolute Gasteiger partial charge is 0.252 e. The molecule has 1 amide bonds. The van der Waals surface area contributed by atoms with Gasteiger partial charge in [0.1, 0.15) is 0 Å². The zero-order chi connectivity index (χ0) is 18.5. The molecule has 2 N–H and O–H groups in total. The number of nitrogens with zero attached hydrogens (tertiary/aromatic N) is 2. The lowest BCUT2D eigenvalue weighted by Crippen LogP contribution is -2.38. The highest BCUT2D eigenvalue weighted by molar-refractivity contribution is 6.31. The normalized spacial score (nSPS) is 18.2. The fraction of sp³-hybridized carbons (Fsp3) is 0.500. The highest BCUT2D eigenvalue weighted by Crippen LogP contribution is 2.22. The maximum Gasteiger partial charge on any atom is 0.252 e. The molecular formula is C20H26ClN3O2. The van der Waals surface area contributed by atoms with Crippen molar-refractivity contribution in [2.24, 2.45) is 5.92 Å². The number of aliphatic hydroxyl groups excluding tert-OH is 1. The van der Waals surface area contributed by atoms with Crippen LogP contribution in [0.15, 0.2) is 24.3 Å². The molecular weight excluding hydrogens is 350 g/mol. The summed E-state index contributed by atoms with van der Waals surface area (Å²) in [5.74, 6) is 0.309. The van der Waals surface area contributed by atoms with Crippen molar-refractivity contribution in [1.29, 1.82) is 0 Å². The van der Waals surface area contributed by atoms with Gasteiger partial charge < -0.3 is 15.3 Å². The Morgan fingerprint density at radius 2 is 2.27 bits per heavy atom. The summed E-state index contributed by atoms with van der Waals surface area (Å²) in [6.07, 6.45) is 3.15. The van der Waals surface area contributed by atoms with Crippen molar-refractivity contribution in [3.8, 4) is 0 Å². The number of halogens is 1. The van der Waals surface area contributed by atoms with Gasteiger partial charge in [-0.15, -0.1) is 0 Å². The Balaban J connectivity index is 1.57. The van der Waals surface area contributed by atoms with Crippen LogP contribution in [0, 0.1) is 12.8 Å². The van der Waals surface area contributed by atoms with Crippen molar-refractivity contribution in [2.45, 2.75) is 26.2 Å². The van der Waals surface area contributed by atoms with E-state index in [0.29, 0.717) is 23.0 Å². The van der Waals surface area contributed by atoms with E-state index in [0.717, 1.165) is 55.5 Å². The molecule has 1 aromatic carbocycles. The van der Waals surface area contributed by atoms with Crippen molar-refractivity contribution in [3.05, 3.63) is 40.5 Å². The summed E-state index contributed by atoms with van der Waals surface area (Å²) >= 11 is 6.09. The van der Waals surface area contributed by atoms with Gasteiger partial charge in [0.05, 0.1) is 11.1 Å². The second kappa shape index (κ2) is 8.80. The summed E-state index contributed by atoms with van der Waals surface area (Å²) in [4.78, 5) is 19.5. The number of aryl methyl sites for hydroxylation is 1. The van der Waals surface area contributed by atoms with Crippen LogP contribution in [0.5, 0.6) is 0 Å². The summed E-state index contributed by atoms with van der Waals surface area (Å²) < 4.78 is 0. The number of likely N-dealkylation sites (tertiary alicyclic amines) is 1. The topological polar surface area (TPSA) is 65.5 Å². The van der Waals surface area contributed by atoms with Crippen LogP contribution in [0.1, 0.15) is 35.3 Å². The molecule has 0 saturated carbocycles. The van der Waals surface area contributed by atoms with E-state index in [9.17, 15) is 9.90 Å². The number of aromatic nitrogens is 1. The van der Waals surface area contributed by atoms with Gasteiger partial charge >= 0.3 is 0 Å². The molecule has 3 rings (SSSR count). The number of rotatable bonds is 6. The molecule has 1 aliphatic rings. The number of pyridine rings is 1. The summed E-state index contributed by atoms with van der Waals surface area (Å²) in [6, 6.07) is 7.23. The Hall–Kier alpha value is -1.69. The monoisotopic (exact) mass is 375 g/mol. The maximum absolute atomic E-state index is 12.6. The number of amides is 1. The molecule has 1 unspecified atom stereocenters. The summed E-state index contributed by atoms with van der Waals surface area (Å²) in [6.45, 7) is 5.76. The van der Waals surface area contributed by atoms with Crippen LogP contribution in [-0.4, -0.2) is 53.7 Å². The molecule has 5 nitrogen and oxygen atoms in total. The minimum Gasteiger partial charge on any atom is -0.396 e. The minimum absolute atomic E-state index is 0.0883. The van der Waals surface area contributed by atoms with Crippen LogP contribution >= 0.6 is 11.6 Å². The van der Waals surface area contributed by atoms with Crippen molar-refractivity contribution in [3.63, 3.8) is 0 Å². The first-order valence-corrected chi connectivity index (χ1v) is 9.63. The van der Waals surface area contributed by atoms with Gasteiger partial charge in [0.25, 0.3) is 5.91 Å². The Morgan fingerprint density at radius 1 is 1.42 bits per heavy atom. The van der Waals surface area contributed by atoms with Crippen LogP contribution in [0.3, 0.4) is 0 Å². The number of hydrogen-bond donors (Lipinski definition) is 2. The lowest BCUT2D eigenvalue weighted by molar-refractivity contribution is 0.0948. The van der Waals surface area contributed by atoms with E-state index in [1.807, 2.05) is 19.1 Å². The van der Waals surface area contributed by atoms with E-state index >= 15 is 0 Å². The van der Waals surface area contributed by atoms with Gasteiger partial charge in [-0.2, -0.15) is 0 Å². The van der Waals surface area contributed by atoms with E-state index < -0.39 is 0 Å². The Morgan fingerprint density at radius 3 is 3.08 bits per heavy atom. The van der Waals surface area contributed by atoms with Crippen LogP contribution < -0.4 is 5.32 Å². The fourth-order valence-electron chi connectivity index (χ4n) is 3.62. The van der Waals surface area contributed by atoms with E-state index in [4.69, 9.17) is 11.6 Å². The van der Waals surface area contributed by atoms with Crippen LogP contribution in [0.25, 0.3) is 10.9 Å². The van der Waals surface area contributed by atoms with Crippen LogP contribution in [0.2, 0.25) is 5.02 Å². The lowest BCUT2D eigenvalue weighted by atomic mass is 9.99. The quantitative estimate of drug-likeness (QED) is 0.762. The summed E-state index contributed by atoms with van der Waals surface area (Å²) in [7, 11) is 0. The molecule has 0 radical (unpaired) electrons. The molecule has 1 aliphatic heterocycles. The summed E-state index contributed by atoms with van der Waals surface area (Å²) in [5, 5.41) is 13.7. The number of piperidine rings is 1. The molecule has 1 aromatic heterocycles. The third kappa shape index (κ3) is 4.72. The van der Waals surface area contributed by atoms with Crippen molar-refractivity contribution >= 4 is 28.4 Å². The van der Waals surface area contributed by atoms with E-state index in [-0.39, 0.29) is 12.5 Å². The van der Waals surface area contributed by atoms with Crippen LogP contribution in [-0.2, 0) is 0 Å². The maximum atomic E-state index is 12.6. The van der Waals surface area contributed by atoms with Gasteiger partial charge in [-0.25, -0.2) is 0 Å². The molecule has 1 saturated heterocycles. The summed E-state index contributed by atoms with van der Waals surface area (Å²) in [5.41, 5.74) is 2.21. The molecule has 6 heteroatoms. The van der Waals surface area contributed by atoms with Gasteiger partial charge in [-0.1, -0.05) is 11.6 Å². The highest BCUT2D eigenvalue weighted by atomic mass is 35.5. The van der Waals surface area contributed by atoms with Gasteiger partial charge in [0, 0.05) is 35.8 Å². The Labute approximate surface area is 159 Å². The van der Waals surface area contributed by atoms with Gasteiger partial charge in [0.2, 0.25) is 0 Å². The van der Waals surface area contributed by atoms with Crippen molar-refractivity contribution in [2.75, 3.05) is 32.8 Å². The fourth-order valence-corrected chi connectivity index (χ4v) is 3.79. The van der Waals surface area contributed by atoms with E-state index in [2.05, 4.69) is 15.2 Å². The molecule has 2 aromatic rings. The zero-order valence-corrected chi connectivity index (χ0v) is 15.9. The third-order valence-electron chi connectivity index (χ3n) is 4.94. The molecule has 26 heavy (non-hydrogen) atoms. The van der Waals surface area contributed by atoms with Gasteiger partial charge in [-0.05, 0) is 69.5 Å². The second-order valence-corrected chi connectivity index (χ2v) is 7.51. The number of carbonyl (C=O) groups is 1. The first-order valence-electron chi connectivity index (χ1n) is 9.25. The zero-order valence-electron chi connectivity index (χ0n) is 15.2. The molecule has 0 aliphatic carbocycles. The van der Waals surface area contributed by atoms with Crippen LogP contribution in [0.4, 0.5) is 0 Å². The first-order chi connectivity index (χ1) is 12.6. The number of nitrogens with one attached hydrogen (secondary N) is 1. The lowest BCUT2D eigenvalue weighted by Gasteiger charge is -2.31. The van der Waals surface area contributed by atoms with Crippen molar-refractivity contribution in [1.82, 2.24) is 15.2 Å². The number of carbonyl (C=O) groups excluding carboxylic acids is 1. The molecule has 2 heterocycles. The molecule has 0 bridgehead atoms. The van der Waals surface area contributed by atoms with E-state index in [1.54, 1.807) is 12.1 Å². The van der Waals surface area contributed by atoms with Gasteiger partial charge in [0.15, 0.2) is 0 Å². The first kappa shape index (κ1) is 19.1.